The van der Waals surface area contributed by atoms with Crippen LogP contribution in [0.5, 0.6) is 5.75 Å². The minimum atomic E-state index is -0.0680. The first-order chi connectivity index (χ1) is 9.69. The fraction of sp³-hybridized carbons (Fsp3) is 0.429. The maximum absolute atomic E-state index is 12.4. The van der Waals surface area contributed by atoms with Gasteiger partial charge in [0.1, 0.15) is 15.6 Å². The second kappa shape index (κ2) is 5.54. The molecule has 2 heterocycles. The molecule has 2 aromatic heterocycles. The van der Waals surface area contributed by atoms with Gasteiger partial charge in [0.15, 0.2) is 0 Å². The normalized spacial score (nSPS) is 15.9. The summed E-state index contributed by atoms with van der Waals surface area (Å²) in [5.41, 5.74) is 1.01. The van der Waals surface area contributed by atoms with Crippen molar-refractivity contribution in [3.05, 3.63) is 32.4 Å². The fourth-order valence-corrected chi connectivity index (χ4v) is 3.86. The molecule has 106 valence electrons. The molecule has 1 saturated carbocycles. The van der Waals surface area contributed by atoms with Gasteiger partial charge < -0.3 is 10.1 Å². The number of hydrogen-bond acceptors (Lipinski definition) is 5. The van der Waals surface area contributed by atoms with Crippen molar-refractivity contribution >= 4 is 28.6 Å². The van der Waals surface area contributed by atoms with Crippen molar-refractivity contribution in [2.75, 3.05) is 7.11 Å². The largest absolute Gasteiger partial charge is 0.495 e. The molecule has 1 amide bonds. The minimum Gasteiger partial charge on any atom is -0.495 e. The lowest BCUT2D eigenvalue weighted by Crippen LogP contribution is -2.29. The molecule has 1 atom stereocenters. The van der Waals surface area contributed by atoms with E-state index in [9.17, 15) is 4.79 Å². The summed E-state index contributed by atoms with van der Waals surface area (Å²) in [6.45, 7) is 1.98. The molecule has 1 N–H and O–H groups in total. The number of thiazole rings is 1. The van der Waals surface area contributed by atoms with Crippen molar-refractivity contribution in [2.24, 2.45) is 5.92 Å². The first kappa shape index (κ1) is 13.6. The summed E-state index contributed by atoms with van der Waals surface area (Å²) in [5, 5.41) is 8.03. The Labute approximate surface area is 125 Å². The molecule has 0 saturated heterocycles. The zero-order chi connectivity index (χ0) is 14.1. The standard InChI is InChI=1S/C14H16N2O2S2/c1-8-7-20-14(15-8)11(9-3-4-9)16-13(17)12-10(18-2)5-6-19-12/h5-7,9,11H,3-4H2,1-2H3,(H,16,17)/t11-/m1/s1. The number of aryl methyl sites for hydroxylation is 1. The highest BCUT2D eigenvalue weighted by Crippen LogP contribution is 2.42. The van der Waals surface area contributed by atoms with Gasteiger partial charge in [0.05, 0.1) is 13.2 Å². The number of carbonyl (C=O) groups excluding carboxylic acids is 1. The molecule has 2 aromatic rings. The third-order valence-electron chi connectivity index (χ3n) is 3.34. The molecule has 0 aromatic carbocycles. The zero-order valence-electron chi connectivity index (χ0n) is 11.4. The van der Waals surface area contributed by atoms with Crippen molar-refractivity contribution in [1.29, 1.82) is 0 Å². The summed E-state index contributed by atoms with van der Waals surface area (Å²) in [5.74, 6) is 1.09. The Morgan fingerprint density at radius 3 is 2.90 bits per heavy atom. The van der Waals surface area contributed by atoms with E-state index in [-0.39, 0.29) is 11.9 Å². The number of nitrogens with one attached hydrogen (secondary N) is 1. The lowest BCUT2D eigenvalue weighted by molar-refractivity contribution is 0.0933. The van der Waals surface area contributed by atoms with Gasteiger partial charge in [-0.2, -0.15) is 0 Å². The Morgan fingerprint density at radius 2 is 2.30 bits per heavy atom. The highest BCUT2D eigenvalue weighted by Gasteiger charge is 2.35. The Bertz CT molecular complexity index is 616. The second-order valence-electron chi connectivity index (χ2n) is 4.93. The molecule has 20 heavy (non-hydrogen) atoms. The van der Waals surface area contributed by atoms with E-state index in [1.807, 2.05) is 23.8 Å². The summed E-state index contributed by atoms with van der Waals surface area (Å²) < 4.78 is 5.21. The number of carbonyl (C=O) groups is 1. The number of ether oxygens (including phenoxy) is 1. The molecule has 6 heteroatoms. The van der Waals surface area contributed by atoms with Gasteiger partial charge in [0.25, 0.3) is 5.91 Å². The van der Waals surface area contributed by atoms with Crippen LogP contribution in [0.3, 0.4) is 0 Å². The lowest BCUT2D eigenvalue weighted by Gasteiger charge is -2.15. The molecule has 1 aliphatic rings. The van der Waals surface area contributed by atoms with Crippen LogP contribution < -0.4 is 10.1 Å². The van der Waals surface area contributed by atoms with Crippen molar-refractivity contribution in [1.82, 2.24) is 10.3 Å². The quantitative estimate of drug-likeness (QED) is 0.921. The third-order valence-corrected chi connectivity index (χ3v) is 5.28. The van der Waals surface area contributed by atoms with Gasteiger partial charge in [-0.25, -0.2) is 4.98 Å². The van der Waals surface area contributed by atoms with E-state index in [2.05, 4.69) is 10.3 Å². The topological polar surface area (TPSA) is 51.2 Å². The first-order valence-electron chi connectivity index (χ1n) is 6.53. The highest BCUT2D eigenvalue weighted by molar-refractivity contribution is 7.12. The van der Waals surface area contributed by atoms with Crippen LogP contribution in [0.15, 0.2) is 16.8 Å². The first-order valence-corrected chi connectivity index (χ1v) is 8.29. The predicted octanol–water partition coefficient (Wildman–Crippen LogP) is 3.40. The molecular formula is C14H16N2O2S2. The van der Waals surface area contributed by atoms with E-state index in [1.54, 1.807) is 18.4 Å². The highest BCUT2D eigenvalue weighted by atomic mass is 32.1. The molecular weight excluding hydrogens is 292 g/mol. The number of aromatic nitrogens is 1. The van der Waals surface area contributed by atoms with Crippen LogP contribution in [-0.4, -0.2) is 18.0 Å². The lowest BCUT2D eigenvalue weighted by atomic mass is 10.2. The summed E-state index contributed by atoms with van der Waals surface area (Å²) in [6.07, 6.45) is 2.32. The molecule has 1 aliphatic carbocycles. The van der Waals surface area contributed by atoms with Gasteiger partial charge in [-0.1, -0.05) is 0 Å². The van der Waals surface area contributed by atoms with Crippen LogP contribution in [0.1, 0.15) is 39.3 Å². The van der Waals surface area contributed by atoms with E-state index < -0.39 is 0 Å². The summed E-state index contributed by atoms with van der Waals surface area (Å²) in [7, 11) is 1.58. The third kappa shape index (κ3) is 2.71. The number of methoxy groups -OCH3 is 1. The average Bonchev–Trinajstić information content (AvgIpc) is 2.99. The predicted molar refractivity (Wildman–Crippen MR) is 80.7 cm³/mol. The maximum atomic E-state index is 12.4. The number of hydrogen-bond donors (Lipinski definition) is 1. The summed E-state index contributed by atoms with van der Waals surface area (Å²) in [4.78, 5) is 17.6. The number of thiophene rings is 1. The van der Waals surface area contributed by atoms with Gasteiger partial charge in [-0.3, -0.25) is 4.79 Å². The van der Waals surface area contributed by atoms with E-state index >= 15 is 0 Å². The van der Waals surface area contributed by atoms with Crippen molar-refractivity contribution in [2.45, 2.75) is 25.8 Å². The van der Waals surface area contributed by atoms with Gasteiger partial charge in [0, 0.05) is 11.1 Å². The average molecular weight is 308 g/mol. The van der Waals surface area contributed by atoms with E-state index in [1.165, 1.54) is 11.3 Å². The Kier molecular flexibility index (Phi) is 3.76. The molecule has 0 bridgehead atoms. The van der Waals surface area contributed by atoms with Crippen molar-refractivity contribution < 1.29 is 9.53 Å². The Balaban J connectivity index is 1.78. The summed E-state index contributed by atoms with van der Waals surface area (Å²) in [6, 6.07) is 1.85. The number of nitrogens with zero attached hydrogens (tertiary/aromatic N) is 1. The number of amides is 1. The van der Waals surface area contributed by atoms with Gasteiger partial charge >= 0.3 is 0 Å². The molecule has 0 unspecified atom stereocenters. The van der Waals surface area contributed by atoms with Gasteiger partial charge in [-0.15, -0.1) is 22.7 Å². The number of rotatable bonds is 5. The molecule has 0 radical (unpaired) electrons. The maximum Gasteiger partial charge on any atom is 0.265 e. The fourth-order valence-electron chi connectivity index (χ4n) is 2.16. The molecule has 0 aliphatic heterocycles. The SMILES string of the molecule is COc1ccsc1C(=O)N[C@@H](c1nc(C)cs1)C1CC1. The van der Waals surface area contributed by atoms with Crippen LogP contribution in [0.4, 0.5) is 0 Å². The van der Waals surface area contributed by atoms with E-state index in [4.69, 9.17) is 4.74 Å². The molecule has 4 nitrogen and oxygen atoms in total. The molecule has 0 spiro atoms. The molecule has 3 rings (SSSR count). The van der Waals surface area contributed by atoms with Gasteiger partial charge in [-0.05, 0) is 37.1 Å². The van der Waals surface area contributed by atoms with Crippen LogP contribution in [0, 0.1) is 12.8 Å². The van der Waals surface area contributed by atoms with Crippen molar-refractivity contribution in [3.8, 4) is 5.75 Å². The van der Waals surface area contributed by atoms with Crippen LogP contribution in [0.2, 0.25) is 0 Å². The second-order valence-corrected chi connectivity index (χ2v) is 6.74. The van der Waals surface area contributed by atoms with E-state index in [0.717, 1.165) is 23.5 Å². The van der Waals surface area contributed by atoms with E-state index in [0.29, 0.717) is 16.5 Å². The minimum absolute atomic E-state index is 0.0352. The van der Waals surface area contributed by atoms with Crippen LogP contribution in [-0.2, 0) is 0 Å². The monoisotopic (exact) mass is 308 g/mol. The van der Waals surface area contributed by atoms with Gasteiger partial charge in [0.2, 0.25) is 0 Å². The molecule has 1 fully saturated rings. The van der Waals surface area contributed by atoms with Crippen LogP contribution >= 0.6 is 22.7 Å². The Hall–Kier alpha value is -1.40. The van der Waals surface area contributed by atoms with Crippen molar-refractivity contribution in [3.63, 3.8) is 0 Å². The Morgan fingerprint density at radius 1 is 1.50 bits per heavy atom. The van der Waals surface area contributed by atoms with Crippen LogP contribution in [0.25, 0.3) is 0 Å². The summed E-state index contributed by atoms with van der Waals surface area (Å²) >= 11 is 3.02. The smallest absolute Gasteiger partial charge is 0.265 e. The zero-order valence-corrected chi connectivity index (χ0v) is 13.0.